The molecule has 1 N–H and O–H groups in total. The van der Waals surface area contributed by atoms with Crippen molar-refractivity contribution in [3.05, 3.63) is 30.1 Å². The summed E-state index contributed by atoms with van der Waals surface area (Å²) >= 11 is 0. The standard InChI is InChI=1S/C12H16N2O2/c15-9-11-3-6-14(8-11)12(16)7-10-1-4-13-5-2-10/h1-2,4-5,11,15H,3,6-9H2. The van der Waals surface area contributed by atoms with E-state index in [9.17, 15) is 4.79 Å². The van der Waals surface area contributed by atoms with Crippen LogP contribution >= 0.6 is 0 Å². The summed E-state index contributed by atoms with van der Waals surface area (Å²) in [6.07, 6.45) is 4.74. The number of pyridine rings is 1. The third kappa shape index (κ3) is 2.58. The fourth-order valence-electron chi connectivity index (χ4n) is 2.00. The van der Waals surface area contributed by atoms with Crippen LogP contribution in [0.3, 0.4) is 0 Å². The summed E-state index contributed by atoms with van der Waals surface area (Å²) in [6, 6.07) is 3.72. The maximum Gasteiger partial charge on any atom is 0.227 e. The molecule has 0 aromatic carbocycles. The first kappa shape index (κ1) is 11.1. The predicted molar refractivity (Wildman–Crippen MR) is 59.7 cm³/mol. The summed E-state index contributed by atoms with van der Waals surface area (Å²) in [7, 11) is 0. The minimum absolute atomic E-state index is 0.141. The van der Waals surface area contributed by atoms with Crippen molar-refractivity contribution in [1.29, 1.82) is 0 Å². The third-order valence-corrected chi connectivity index (χ3v) is 3.00. The summed E-state index contributed by atoms with van der Waals surface area (Å²) in [5.41, 5.74) is 0.993. The average Bonchev–Trinajstić information content (AvgIpc) is 2.79. The Hall–Kier alpha value is -1.42. The molecular formula is C12H16N2O2. The van der Waals surface area contributed by atoms with Crippen molar-refractivity contribution in [2.24, 2.45) is 5.92 Å². The number of nitrogens with zero attached hydrogens (tertiary/aromatic N) is 2. The first-order valence-electron chi connectivity index (χ1n) is 5.57. The van der Waals surface area contributed by atoms with Crippen molar-refractivity contribution in [3.8, 4) is 0 Å². The maximum atomic E-state index is 11.9. The second-order valence-electron chi connectivity index (χ2n) is 4.21. The van der Waals surface area contributed by atoms with E-state index in [1.807, 2.05) is 17.0 Å². The minimum atomic E-state index is 0.141. The number of amides is 1. The highest BCUT2D eigenvalue weighted by Crippen LogP contribution is 2.16. The normalized spacial score (nSPS) is 20.1. The summed E-state index contributed by atoms with van der Waals surface area (Å²) in [6.45, 7) is 1.65. The molecule has 1 aromatic heterocycles. The van der Waals surface area contributed by atoms with Crippen LogP contribution in [0.15, 0.2) is 24.5 Å². The summed E-state index contributed by atoms with van der Waals surface area (Å²) in [4.78, 5) is 17.7. The van der Waals surface area contributed by atoms with Crippen LogP contribution in [0.5, 0.6) is 0 Å². The van der Waals surface area contributed by atoms with Gasteiger partial charge in [0, 0.05) is 38.0 Å². The zero-order valence-corrected chi connectivity index (χ0v) is 9.17. The molecule has 4 heteroatoms. The number of aromatic nitrogens is 1. The molecule has 1 aliphatic heterocycles. The summed E-state index contributed by atoms with van der Waals surface area (Å²) in [5, 5.41) is 9.01. The van der Waals surface area contributed by atoms with Gasteiger partial charge in [-0.3, -0.25) is 9.78 Å². The number of hydrogen-bond donors (Lipinski definition) is 1. The number of likely N-dealkylation sites (tertiary alicyclic amines) is 1. The molecule has 0 radical (unpaired) electrons. The van der Waals surface area contributed by atoms with Gasteiger partial charge in [-0.2, -0.15) is 0 Å². The van der Waals surface area contributed by atoms with Gasteiger partial charge in [0.05, 0.1) is 6.42 Å². The number of rotatable bonds is 3. The minimum Gasteiger partial charge on any atom is -0.396 e. The fraction of sp³-hybridized carbons (Fsp3) is 0.500. The Balaban J connectivity index is 1.90. The average molecular weight is 220 g/mol. The number of carbonyl (C=O) groups excluding carboxylic acids is 1. The van der Waals surface area contributed by atoms with E-state index in [0.29, 0.717) is 13.0 Å². The lowest BCUT2D eigenvalue weighted by atomic mass is 10.1. The van der Waals surface area contributed by atoms with Crippen molar-refractivity contribution >= 4 is 5.91 Å². The molecular weight excluding hydrogens is 204 g/mol. The van der Waals surface area contributed by atoms with Crippen LogP contribution in [0.4, 0.5) is 0 Å². The number of aliphatic hydroxyl groups excluding tert-OH is 1. The van der Waals surface area contributed by atoms with Gasteiger partial charge in [0.1, 0.15) is 0 Å². The lowest BCUT2D eigenvalue weighted by Crippen LogP contribution is -2.30. The number of hydrogen-bond acceptors (Lipinski definition) is 3. The Kier molecular flexibility index (Phi) is 3.51. The molecule has 86 valence electrons. The second kappa shape index (κ2) is 5.07. The smallest absolute Gasteiger partial charge is 0.227 e. The molecule has 1 amide bonds. The van der Waals surface area contributed by atoms with Crippen LogP contribution < -0.4 is 0 Å². The number of carbonyl (C=O) groups is 1. The van der Waals surface area contributed by atoms with Crippen molar-refractivity contribution in [3.63, 3.8) is 0 Å². The maximum absolute atomic E-state index is 11.9. The van der Waals surface area contributed by atoms with E-state index < -0.39 is 0 Å². The van der Waals surface area contributed by atoms with Gasteiger partial charge in [-0.05, 0) is 24.1 Å². The van der Waals surface area contributed by atoms with Gasteiger partial charge < -0.3 is 10.0 Å². The molecule has 0 saturated carbocycles. The van der Waals surface area contributed by atoms with Crippen molar-refractivity contribution in [2.45, 2.75) is 12.8 Å². The van der Waals surface area contributed by atoms with Crippen molar-refractivity contribution in [2.75, 3.05) is 19.7 Å². The molecule has 1 fully saturated rings. The SMILES string of the molecule is O=C(Cc1ccncc1)N1CCC(CO)C1. The van der Waals surface area contributed by atoms with Gasteiger partial charge in [0.25, 0.3) is 0 Å². The Morgan fingerprint density at radius 3 is 2.88 bits per heavy atom. The Labute approximate surface area is 94.9 Å². The van der Waals surface area contributed by atoms with E-state index in [1.165, 1.54) is 0 Å². The van der Waals surface area contributed by atoms with Gasteiger partial charge in [0.2, 0.25) is 5.91 Å². The molecule has 0 aliphatic carbocycles. The van der Waals surface area contributed by atoms with E-state index in [1.54, 1.807) is 12.4 Å². The Morgan fingerprint density at radius 2 is 2.25 bits per heavy atom. The van der Waals surface area contributed by atoms with Crippen LogP contribution in [0, 0.1) is 5.92 Å². The summed E-state index contributed by atoms with van der Waals surface area (Å²) in [5.74, 6) is 0.406. The fourth-order valence-corrected chi connectivity index (χ4v) is 2.00. The van der Waals surface area contributed by atoms with Gasteiger partial charge in [0.15, 0.2) is 0 Å². The molecule has 16 heavy (non-hydrogen) atoms. The monoisotopic (exact) mass is 220 g/mol. The van der Waals surface area contributed by atoms with Gasteiger partial charge in [-0.15, -0.1) is 0 Å². The number of aliphatic hydroxyl groups is 1. The van der Waals surface area contributed by atoms with Crippen LogP contribution in [-0.2, 0) is 11.2 Å². The lowest BCUT2D eigenvalue weighted by molar-refractivity contribution is -0.129. The van der Waals surface area contributed by atoms with Crippen LogP contribution in [0.2, 0.25) is 0 Å². The first-order chi connectivity index (χ1) is 7.79. The Bertz CT molecular complexity index is 353. The molecule has 1 aliphatic rings. The zero-order valence-electron chi connectivity index (χ0n) is 9.17. The molecule has 2 heterocycles. The summed E-state index contributed by atoms with van der Waals surface area (Å²) < 4.78 is 0. The van der Waals surface area contributed by atoms with E-state index in [4.69, 9.17) is 5.11 Å². The molecule has 1 atom stereocenters. The molecule has 4 nitrogen and oxygen atoms in total. The largest absolute Gasteiger partial charge is 0.396 e. The van der Waals surface area contributed by atoms with Crippen LogP contribution in [-0.4, -0.2) is 40.6 Å². The van der Waals surface area contributed by atoms with Crippen LogP contribution in [0.1, 0.15) is 12.0 Å². The molecule has 0 spiro atoms. The van der Waals surface area contributed by atoms with Crippen molar-refractivity contribution in [1.82, 2.24) is 9.88 Å². The van der Waals surface area contributed by atoms with Gasteiger partial charge >= 0.3 is 0 Å². The van der Waals surface area contributed by atoms with E-state index >= 15 is 0 Å². The quantitative estimate of drug-likeness (QED) is 0.805. The first-order valence-corrected chi connectivity index (χ1v) is 5.57. The van der Waals surface area contributed by atoms with E-state index in [-0.39, 0.29) is 18.4 Å². The molecule has 1 aromatic rings. The highest BCUT2D eigenvalue weighted by molar-refractivity contribution is 5.79. The molecule has 1 unspecified atom stereocenters. The van der Waals surface area contributed by atoms with E-state index in [0.717, 1.165) is 18.5 Å². The van der Waals surface area contributed by atoms with Crippen LogP contribution in [0.25, 0.3) is 0 Å². The second-order valence-corrected chi connectivity index (χ2v) is 4.21. The van der Waals surface area contributed by atoms with E-state index in [2.05, 4.69) is 4.98 Å². The highest BCUT2D eigenvalue weighted by atomic mass is 16.3. The topological polar surface area (TPSA) is 53.4 Å². The highest BCUT2D eigenvalue weighted by Gasteiger charge is 2.25. The molecule has 2 rings (SSSR count). The van der Waals surface area contributed by atoms with Crippen molar-refractivity contribution < 1.29 is 9.90 Å². The van der Waals surface area contributed by atoms with Gasteiger partial charge in [-0.1, -0.05) is 0 Å². The molecule has 1 saturated heterocycles. The van der Waals surface area contributed by atoms with Gasteiger partial charge in [-0.25, -0.2) is 0 Å². The lowest BCUT2D eigenvalue weighted by Gasteiger charge is -2.15. The molecule has 0 bridgehead atoms. The zero-order chi connectivity index (χ0) is 11.4. The predicted octanol–water partition coefficient (Wildman–Crippen LogP) is 0.465. The third-order valence-electron chi connectivity index (χ3n) is 3.00. The Morgan fingerprint density at radius 1 is 1.50 bits per heavy atom.